The molecule has 2 atom stereocenters. The van der Waals surface area contributed by atoms with Crippen LogP contribution in [-0.4, -0.2) is 30.9 Å². The van der Waals surface area contributed by atoms with Crippen molar-refractivity contribution in [1.29, 1.82) is 0 Å². The van der Waals surface area contributed by atoms with Gasteiger partial charge in [0, 0.05) is 12.0 Å². The van der Waals surface area contributed by atoms with Gasteiger partial charge in [0.1, 0.15) is 24.2 Å². The Balaban J connectivity index is 1.18. The maximum atomic E-state index is 12.5. The molecule has 160 valence electrons. The Bertz CT molecular complexity index is 1250. The van der Waals surface area contributed by atoms with Crippen LogP contribution in [0.15, 0.2) is 77.0 Å². The first kappa shape index (κ1) is 19.7. The second-order valence-electron chi connectivity index (χ2n) is 7.39. The highest BCUT2D eigenvalue weighted by Gasteiger charge is 2.28. The van der Waals surface area contributed by atoms with Gasteiger partial charge in [0.05, 0.1) is 6.21 Å². The highest BCUT2D eigenvalue weighted by molar-refractivity contribution is 5.87. The van der Waals surface area contributed by atoms with E-state index in [1.807, 2.05) is 48.5 Å². The van der Waals surface area contributed by atoms with Crippen molar-refractivity contribution >= 4 is 34.3 Å². The number of ether oxygens (including phenoxy) is 3. The number of nitroso groups, excluding NO2 is 1. The Labute approximate surface area is 183 Å². The van der Waals surface area contributed by atoms with Gasteiger partial charge in [0.15, 0.2) is 11.5 Å². The molecule has 2 unspecified atom stereocenters. The molecule has 32 heavy (non-hydrogen) atoms. The fourth-order valence-electron chi connectivity index (χ4n) is 3.65. The zero-order chi connectivity index (χ0) is 21.9. The molecule has 2 heterocycles. The molecule has 8 nitrogen and oxygen atoms in total. The smallest absolute Gasteiger partial charge is 0.284 e. The van der Waals surface area contributed by atoms with Gasteiger partial charge in [-0.2, -0.15) is 5.10 Å². The molecular weight excluding hydrogens is 410 g/mol. The van der Waals surface area contributed by atoms with Gasteiger partial charge in [0.25, 0.3) is 5.91 Å². The number of nitrogens with one attached hydrogen (secondary N) is 1. The summed E-state index contributed by atoms with van der Waals surface area (Å²) in [6.45, 7) is 0.0911. The van der Waals surface area contributed by atoms with Crippen LogP contribution in [0.4, 0.5) is 5.69 Å². The van der Waals surface area contributed by atoms with Crippen molar-refractivity contribution in [3.05, 3.63) is 77.2 Å². The van der Waals surface area contributed by atoms with E-state index in [4.69, 9.17) is 14.2 Å². The maximum absolute atomic E-state index is 12.5. The van der Waals surface area contributed by atoms with Gasteiger partial charge in [-0.25, -0.2) is 5.43 Å². The van der Waals surface area contributed by atoms with E-state index in [2.05, 4.69) is 15.7 Å². The molecule has 3 aromatic rings. The second-order valence-corrected chi connectivity index (χ2v) is 7.39. The number of nitrogens with zero attached hydrogens (tertiary/aromatic N) is 2. The number of hydrogen-bond donors (Lipinski definition) is 1. The number of carbonyl (C=O) groups excluding carboxylic acids is 1. The highest BCUT2D eigenvalue weighted by Crippen LogP contribution is 2.36. The summed E-state index contributed by atoms with van der Waals surface area (Å²) in [5.41, 5.74) is 3.42. The van der Waals surface area contributed by atoms with Gasteiger partial charge >= 0.3 is 0 Å². The largest absolute Gasteiger partial charge is 0.485 e. The first-order valence-electron chi connectivity index (χ1n) is 10.2. The fourth-order valence-corrected chi connectivity index (χ4v) is 3.65. The third-order valence-electron chi connectivity index (χ3n) is 5.26. The van der Waals surface area contributed by atoms with E-state index in [1.54, 1.807) is 18.2 Å². The van der Waals surface area contributed by atoms with E-state index in [0.29, 0.717) is 34.9 Å². The number of hydrazone groups is 1. The summed E-state index contributed by atoms with van der Waals surface area (Å²) >= 11 is 0. The lowest BCUT2D eigenvalue weighted by Gasteiger charge is -2.25. The van der Waals surface area contributed by atoms with Crippen LogP contribution in [0.2, 0.25) is 0 Å². The minimum Gasteiger partial charge on any atom is -0.485 e. The Morgan fingerprint density at radius 1 is 1.00 bits per heavy atom. The summed E-state index contributed by atoms with van der Waals surface area (Å²) in [4.78, 5) is 23.5. The van der Waals surface area contributed by atoms with Crippen LogP contribution in [0.3, 0.4) is 0 Å². The Hall–Kier alpha value is -4.20. The van der Waals surface area contributed by atoms with E-state index < -0.39 is 12.0 Å². The van der Waals surface area contributed by atoms with Crippen LogP contribution in [0.5, 0.6) is 11.5 Å². The van der Waals surface area contributed by atoms with E-state index in [9.17, 15) is 9.70 Å². The van der Waals surface area contributed by atoms with Gasteiger partial charge in [-0.15, -0.1) is 4.91 Å². The summed E-state index contributed by atoms with van der Waals surface area (Å²) in [7, 11) is 0. The number of fused-ring (bicyclic) bond motifs is 2. The third kappa shape index (κ3) is 3.90. The normalized spacial score (nSPS) is 19.4. The van der Waals surface area contributed by atoms with E-state index in [-0.39, 0.29) is 12.7 Å². The summed E-state index contributed by atoms with van der Waals surface area (Å²) in [5, 5.41) is 9.07. The van der Waals surface area contributed by atoms with Gasteiger partial charge in [-0.05, 0) is 46.3 Å². The summed E-state index contributed by atoms with van der Waals surface area (Å²) < 4.78 is 17.4. The minimum absolute atomic E-state index is 0.0911. The van der Waals surface area contributed by atoms with Crippen LogP contribution in [0.25, 0.3) is 16.5 Å². The molecule has 0 radical (unpaired) electrons. The monoisotopic (exact) mass is 429 g/mol. The van der Waals surface area contributed by atoms with Crippen LogP contribution in [-0.2, 0) is 9.53 Å². The molecule has 3 aromatic carbocycles. The summed E-state index contributed by atoms with van der Waals surface area (Å²) in [6.07, 6.45) is 2.75. The maximum Gasteiger partial charge on any atom is 0.284 e. The van der Waals surface area contributed by atoms with Crippen molar-refractivity contribution in [3.8, 4) is 11.5 Å². The molecule has 0 spiro atoms. The molecule has 0 aromatic heterocycles. The standard InChI is InChI=1S/C24H19N3O5/c28-24(23-14-30-21-11-15-5-1-2-6-16(15)12-22(21)32-23)26-25-13-17-9-10-20(31-17)18-7-3-4-8-19(18)27-29/h1-8,10-13,17,23H,9,14H2,(H,26,28)/b25-13-. The Morgan fingerprint density at radius 2 is 1.75 bits per heavy atom. The number of carbonyl (C=O) groups is 1. The van der Waals surface area contributed by atoms with E-state index >= 15 is 0 Å². The second kappa shape index (κ2) is 8.50. The van der Waals surface area contributed by atoms with Crippen LogP contribution in [0, 0.1) is 4.91 Å². The van der Waals surface area contributed by atoms with Gasteiger partial charge in [-0.1, -0.05) is 36.4 Å². The van der Waals surface area contributed by atoms with Crippen molar-refractivity contribution < 1.29 is 19.0 Å². The average molecular weight is 429 g/mol. The fraction of sp³-hybridized carbons (Fsp3) is 0.167. The molecule has 2 aliphatic heterocycles. The summed E-state index contributed by atoms with van der Waals surface area (Å²) in [5.74, 6) is 1.28. The molecule has 1 N–H and O–H groups in total. The predicted octanol–water partition coefficient (Wildman–Crippen LogP) is 4.31. The molecule has 0 bridgehead atoms. The molecule has 0 saturated carbocycles. The van der Waals surface area contributed by atoms with Crippen molar-refractivity contribution in [2.75, 3.05) is 6.61 Å². The number of hydrogen-bond acceptors (Lipinski definition) is 7. The molecule has 5 rings (SSSR count). The first-order valence-corrected chi connectivity index (χ1v) is 10.2. The Morgan fingerprint density at radius 3 is 2.56 bits per heavy atom. The van der Waals surface area contributed by atoms with Crippen molar-refractivity contribution in [2.45, 2.75) is 18.6 Å². The SMILES string of the molecule is O=Nc1ccccc1C1=CCC(/C=N\NC(=O)C2COc3cc4ccccc4cc3O2)O1. The highest BCUT2D eigenvalue weighted by atomic mass is 16.6. The summed E-state index contributed by atoms with van der Waals surface area (Å²) in [6, 6.07) is 18.6. The molecular formula is C24H19N3O5. The van der Waals surface area contributed by atoms with E-state index in [0.717, 1.165) is 10.8 Å². The lowest BCUT2D eigenvalue weighted by atomic mass is 10.1. The zero-order valence-electron chi connectivity index (χ0n) is 16.9. The molecule has 8 heteroatoms. The minimum atomic E-state index is -0.815. The molecule has 0 aliphatic carbocycles. The van der Waals surface area contributed by atoms with Crippen LogP contribution in [0.1, 0.15) is 12.0 Å². The molecule has 0 fully saturated rings. The molecule has 2 aliphatic rings. The molecule has 1 amide bonds. The number of benzene rings is 3. The lowest BCUT2D eigenvalue weighted by molar-refractivity contribution is -0.130. The van der Waals surface area contributed by atoms with Gasteiger partial charge in [0.2, 0.25) is 6.10 Å². The van der Waals surface area contributed by atoms with Crippen molar-refractivity contribution in [2.24, 2.45) is 10.3 Å². The van der Waals surface area contributed by atoms with Crippen molar-refractivity contribution in [1.82, 2.24) is 5.43 Å². The first-order chi connectivity index (χ1) is 15.7. The Kier molecular flexibility index (Phi) is 5.25. The van der Waals surface area contributed by atoms with Crippen molar-refractivity contribution in [3.63, 3.8) is 0 Å². The van der Waals surface area contributed by atoms with Gasteiger partial charge in [-0.3, -0.25) is 4.79 Å². The lowest BCUT2D eigenvalue weighted by Crippen LogP contribution is -2.42. The van der Waals surface area contributed by atoms with Gasteiger partial charge < -0.3 is 14.2 Å². The van der Waals surface area contributed by atoms with Crippen LogP contribution >= 0.6 is 0 Å². The molecule has 0 saturated heterocycles. The predicted molar refractivity (Wildman–Crippen MR) is 120 cm³/mol. The van der Waals surface area contributed by atoms with E-state index in [1.165, 1.54) is 6.21 Å². The number of rotatable bonds is 5. The quantitative estimate of drug-likeness (QED) is 0.370. The zero-order valence-corrected chi connectivity index (χ0v) is 16.9. The topological polar surface area (TPSA) is 98.6 Å². The average Bonchev–Trinajstić information content (AvgIpc) is 3.31. The number of amides is 1. The van der Waals surface area contributed by atoms with Crippen LogP contribution < -0.4 is 14.9 Å². The third-order valence-corrected chi connectivity index (χ3v) is 5.26.